The first-order valence-corrected chi connectivity index (χ1v) is 6.49. The predicted octanol–water partition coefficient (Wildman–Crippen LogP) is 3.25. The third kappa shape index (κ3) is 3.15. The fourth-order valence-electron chi connectivity index (χ4n) is 1.71. The molecule has 0 bridgehead atoms. The Bertz CT molecular complexity index is 660. The minimum absolute atomic E-state index is 0.154. The van der Waals surface area contributed by atoms with Gasteiger partial charge in [0.1, 0.15) is 12.4 Å². The van der Waals surface area contributed by atoms with Gasteiger partial charge in [0, 0.05) is 17.2 Å². The van der Waals surface area contributed by atoms with E-state index in [0.717, 1.165) is 0 Å². The molecule has 0 aromatic heterocycles. The maximum absolute atomic E-state index is 11.3. The number of nitrogen functional groups attached to an aromatic ring is 1. The summed E-state index contributed by atoms with van der Waals surface area (Å²) < 4.78 is 5.57. The summed E-state index contributed by atoms with van der Waals surface area (Å²) in [6.07, 6.45) is 0. The number of amides is 1. The van der Waals surface area contributed by atoms with Gasteiger partial charge >= 0.3 is 0 Å². The molecule has 6 heteroatoms. The van der Waals surface area contributed by atoms with Gasteiger partial charge in [0.15, 0.2) is 0 Å². The molecule has 0 aliphatic carbocycles. The highest BCUT2D eigenvalue weighted by molar-refractivity contribution is 6.42. The number of benzene rings is 2. The van der Waals surface area contributed by atoms with Crippen LogP contribution >= 0.6 is 23.2 Å². The summed E-state index contributed by atoms with van der Waals surface area (Å²) in [7, 11) is 0. The molecule has 0 aliphatic heterocycles. The Labute approximate surface area is 126 Å². The van der Waals surface area contributed by atoms with Crippen LogP contribution in [0.15, 0.2) is 36.4 Å². The van der Waals surface area contributed by atoms with Crippen LogP contribution in [0.4, 0.5) is 5.69 Å². The summed E-state index contributed by atoms with van der Waals surface area (Å²) in [5.41, 5.74) is 12.5. The van der Waals surface area contributed by atoms with Gasteiger partial charge in [-0.25, -0.2) is 0 Å². The first kappa shape index (κ1) is 14.5. The quantitative estimate of drug-likeness (QED) is 0.851. The van der Waals surface area contributed by atoms with Crippen molar-refractivity contribution in [2.24, 2.45) is 5.73 Å². The number of ether oxygens (including phenoxy) is 1. The van der Waals surface area contributed by atoms with Crippen LogP contribution in [0.5, 0.6) is 5.75 Å². The predicted molar refractivity (Wildman–Crippen MR) is 80.2 cm³/mol. The Morgan fingerprint density at radius 1 is 1.15 bits per heavy atom. The molecule has 2 aromatic carbocycles. The third-order valence-corrected chi connectivity index (χ3v) is 3.44. The lowest BCUT2D eigenvalue weighted by Gasteiger charge is -2.12. The SMILES string of the molecule is NC(=O)c1ccccc1COc1cc(Cl)c(Cl)cc1N. The van der Waals surface area contributed by atoms with Crippen molar-refractivity contribution < 1.29 is 9.53 Å². The van der Waals surface area contributed by atoms with Gasteiger partial charge in [0.2, 0.25) is 5.91 Å². The van der Waals surface area contributed by atoms with Gasteiger partial charge in [-0.05, 0) is 12.1 Å². The van der Waals surface area contributed by atoms with Crippen LogP contribution in [0.3, 0.4) is 0 Å². The maximum Gasteiger partial charge on any atom is 0.249 e. The van der Waals surface area contributed by atoms with Crippen LogP contribution in [0.1, 0.15) is 15.9 Å². The number of rotatable bonds is 4. The maximum atomic E-state index is 11.3. The van der Waals surface area contributed by atoms with E-state index in [1.165, 1.54) is 12.1 Å². The van der Waals surface area contributed by atoms with E-state index in [1.807, 2.05) is 0 Å². The van der Waals surface area contributed by atoms with Crippen molar-refractivity contribution >= 4 is 34.8 Å². The van der Waals surface area contributed by atoms with E-state index in [2.05, 4.69) is 0 Å². The second-order valence-electron chi connectivity index (χ2n) is 4.11. The van der Waals surface area contributed by atoms with Gasteiger partial charge in [-0.3, -0.25) is 4.79 Å². The molecule has 104 valence electrons. The second kappa shape index (κ2) is 6.03. The molecule has 0 heterocycles. The van der Waals surface area contributed by atoms with Crippen molar-refractivity contribution in [2.45, 2.75) is 6.61 Å². The van der Waals surface area contributed by atoms with E-state index in [9.17, 15) is 4.79 Å². The normalized spacial score (nSPS) is 10.3. The molecule has 4 N–H and O–H groups in total. The van der Waals surface area contributed by atoms with Gasteiger partial charge in [-0.2, -0.15) is 0 Å². The number of anilines is 1. The molecular formula is C14H12Cl2N2O2. The summed E-state index contributed by atoms with van der Waals surface area (Å²) in [6.45, 7) is 0.154. The highest BCUT2D eigenvalue weighted by Crippen LogP contribution is 2.32. The number of carbonyl (C=O) groups excluding carboxylic acids is 1. The average Bonchev–Trinajstić information content (AvgIpc) is 2.41. The molecule has 20 heavy (non-hydrogen) atoms. The Morgan fingerprint density at radius 3 is 2.50 bits per heavy atom. The molecule has 4 nitrogen and oxygen atoms in total. The van der Waals surface area contributed by atoms with Crippen LogP contribution in [0, 0.1) is 0 Å². The lowest BCUT2D eigenvalue weighted by atomic mass is 10.1. The standard InChI is InChI=1S/C14H12Cl2N2O2/c15-10-5-12(17)13(6-11(10)16)20-7-8-3-1-2-4-9(8)14(18)19/h1-6H,7,17H2,(H2,18,19). The number of primary amides is 1. The molecule has 0 atom stereocenters. The second-order valence-corrected chi connectivity index (χ2v) is 4.93. The topological polar surface area (TPSA) is 78.3 Å². The first-order chi connectivity index (χ1) is 9.49. The highest BCUT2D eigenvalue weighted by Gasteiger charge is 2.10. The molecule has 2 rings (SSSR count). The van der Waals surface area contributed by atoms with Crippen LogP contribution < -0.4 is 16.2 Å². The Hall–Kier alpha value is -1.91. The zero-order chi connectivity index (χ0) is 14.7. The van der Waals surface area contributed by atoms with E-state index in [4.69, 9.17) is 39.4 Å². The van der Waals surface area contributed by atoms with Crippen LogP contribution in [0.2, 0.25) is 10.0 Å². The lowest BCUT2D eigenvalue weighted by molar-refractivity contribution is 0.0998. The van der Waals surface area contributed by atoms with E-state index < -0.39 is 5.91 Å². The molecular weight excluding hydrogens is 299 g/mol. The summed E-state index contributed by atoms with van der Waals surface area (Å²) in [5.74, 6) is -0.106. The molecule has 0 fully saturated rings. The van der Waals surface area contributed by atoms with Crippen molar-refractivity contribution in [1.82, 2.24) is 0 Å². The summed E-state index contributed by atoms with van der Waals surface area (Å²) in [6, 6.07) is 9.97. The average molecular weight is 311 g/mol. The van der Waals surface area contributed by atoms with E-state index in [-0.39, 0.29) is 6.61 Å². The zero-order valence-corrected chi connectivity index (χ0v) is 11.9. The number of hydrogen-bond donors (Lipinski definition) is 2. The Morgan fingerprint density at radius 2 is 1.80 bits per heavy atom. The minimum Gasteiger partial charge on any atom is -0.487 e. The molecule has 0 unspecified atom stereocenters. The summed E-state index contributed by atoms with van der Waals surface area (Å²) in [4.78, 5) is 11.3. The van der Waals surface area contributed by atoms with E-state index in [0.29, 0.717) is 32.6 Å². The largest absolute Gasteiger partial charge is 0.487 e. The third-order valence-electron chi connectivity index (χ3n) is 2.72. The minimum atomic E-state index is -0.508. The van der Waals surface area contributed by atoms with E-state index in [1.54, 1.807) is 24.3 Å². The molecule has 0 saturated heterocycles. The van der Waals surface area contributed by atoms with Crippen LogP contribution in [-0.4, -0.2) is 5.91 Å². The smallest absolute Gasteiger partial charge is 0.249 e. The van der Waals surface area contributed by atoms with E-state index >= 15 is 0 Å². The molecule has 0 saturated carbocycles. The highest BCUT2D eigenvalue weighted by atomic mass is 35.5. The molecule has 0 spiro atoms. The van der Waals surface area contributed by atoms with Gasteiger partial charge in [-0.1, -0.05) is 41.4 Å². The van der Waals surface area contributed by atoms with Gasteiger partial charge in [0.25, 0.3) is 0 Å². The molecule has 1 amide bonds. The summed E-state index contributed by atoms with van der Waals surface area (Å²) >= 11 is 11.7. The summed E-state index contributed by atoms with van der Waals surface area (Å²) in [5, 5.41) is 0.702. The zero-order valence-electron chi connectivity index (χ0n) is 10.4. The van der Waals surface area contributed by atoms with Crippen LogP contribution in [-0.2, 0) is 6.61 Å². The molecule has 2 aromatic rings. The number of carbonyl (C=O) groups is 1. The lowest BCUT2D eigenvalue weighted by Crippen LogP contribution is -2.14. The van der Waals surface area contributed by atoms with Gasteiger partial charge in [-0.15, -0.1) is 0 Å². The van der Waals surface area contributed by atoms with Gasteiger partial charge in [0.05, 0.1) is 15.7 Å². The first-order valence-electron chi connectivity index (χ1n) is 5.74. The number of hydrogen-bond acceptors (Lipinski definition) is 3. The van der Waals surface area contributed by atoms with Crippen molar-refractivity contribution in [3.63, 3.8) is 0 Å². The molecule has 0 radical (unpaired) electrons. The van der Waals surface area contributed by atoms with Gasteiger partial charge < -0.3 is 16.2 Å². The fraction of sp³-hybridized carbons (Fsp3) is 0.0714. The van der Waals surface area contributed by atoms with Crippen molar-refractivity contribution in [1.29, 1.82) is 0 Å². The van der Waals surface area contributed by atoms with Crippen molar-refractivity contribution in [2.75, 3.05) is 5.73 Å². The molecule has 0 aliphatic rings. The van der Waals surface area contributed by atoms with Crippen molar-refractivity contribution in [3.8, 4) is 5.75 Å². The number of halogens is 2. The Kier molecular flexibility index (Phi) is 4.37. The van der Waals surface area contributed by atoms with Crippen molar-refractivity contribution in [3.05, 3.63) is 57.6 Å². The number of nitrogens with two attached hydrogens (primary N) is 2. The fourth-order valence-corrected chi connectivity index (χ4v) is 2.04. The van der Waals surface area contributed by atoms with Crippen LogP contribution in [0.25, 0.3) is 0 Å². The Balaban J connectivity index is 2.21. The monoisotopic (exact) mass is 310 g/mol.